The maximum atomic E-state index is 10.1. The third kappa shape index (κ3) is 2.85. The van der Waals surface area contributed by atoms with Crippen LogP contribution in [0.15, 0.2) is 35.9 Å². The molecule has 1 aromatic rings. The summed E-state index contributed by atoms with van der Waals surface area (Å²) in [6.45, 7) is 5.55. The number of hydrogen-bond donors (Lipinski definition) is 1. The van der Waals surface area contributed by atoms with Crippen LogP contribution in [0.5, 0.6) is 5.75 Å². The molecule has 0 spiro atoms. The Balaban J connectivity index is 2.25. The predicted molar refractivity (Wildman–Crippen MR) is 105 cm³/mol. The summed E-state index contributed by atoms with van der Waals surface area (Å²) in [5, 5.41) is 38.5. The first kappa shape index (κ1) is 19.6. The van der Waals surface area contributed by atoms with E-state index in [1.165, 1.54) is 0 Å². The Morgan fingerprint density at radius 2 is 1.96 bits per heavy atom. The molecular formula is C22H23N5O. The quantitative estimate of drug-likeness (QED) is 0.818. The van der Waals surface area contributed by atoms with Gasteiger partial charge in [-0.25, -0.2) is 0 Å². The van der Waals surface area contributed by atoms with E-state index >= 15 is 0 Å². The van der Waals surface area contributed by atoms with Crippen molar-refractivity contribution in [3.05, 3.63) is 41.5 Å². The molecule has 1 aromatic carbocycles. The molecule has 6 heteroatoms. The standard InChI is InChI=1S/C22H23N5O/c1-14(2)27-8-7-17-18(10-23)21(26)22(12-24,13-25)20(19(17)11-27)15-5-4-6-16(9-15)28-3/h4-7,9,14,18-20,26H,8,11H2,1-3H3/t18?,19-,20-/m0/s1. The summed E-state index contributed by atoms with van der Waals surface area (Å²) < 4.78 is 5.35. The smallest absolute Gasteiger partial charge is 0.189 e. The Bertz CT molecular complexity index is 929. The summed E-state index contributed by atoms with van der Waals surface area (Å²) in [5.74, 6) is -0.928. The molecule has 0 amide bonds. The van der Waals surface area contributed by atoms with Crippen molar-refractivity contribution in [1.29, 1.82) is 21.2 Å². The molecular weight excluding hydrogens is 350 g/mol. The molecule has 1 heterocycles. The molecule has 3 atom stereocenters. The lowest BCUT2D eigenvalue weighted by molar-refractivity contribution is 0.171. The Labute approximate surface area is 165 Å². The summed E-state index contributed by atoms with van der Waals surface area (Å²) >= 11 is 0. The van der Waals surface area contributed by atoms with Gasteiger partial charge in [-0.3, -0.25) is 4.90 Å². The third-order valence-electron chi connectivity index (χ3n) is 6.00. The minimum Gasteiger partial charge on any atom is -0.497 e. The normalized spacial score (nSPS) is 26.4. The fraction of sp³-hybridized carbons (Fsp3) is 0.455. The Hall–Kier alpha value is -3.14. The molecule has 142 valence electrons. The molecule has 1 unspecified atom stereocenters. The van der Waals surface area contributed by atoms with Crippen molar-refractivity contribution >= 4 is 5.71 Å². The SMILES string of the molecule is COc1cccc([C@H]2[C@H]3CN(C(C)C)CC=C3C(C#N)C(=N)C2(C#N)C#N)c1. The van der Waals surface area contributed by atoms with Crippen molar-refractivity contribution in [3.63, 3.8) is 0 Å². The van der Waals surface area contributed by atoms with Crippen molar-refractivity contribution < 1.29 is 4.74 Å². The predicted octanol–water partition coefficient (Wildman–Crippen LogP) is 3.25. The van der Waals surface area contributed by atoms with Crippen LogP contribution in [0.3, 0.4) is 0 Å². The summed E-state index contributed by atoms with van der Waals surface area (Å²) in [4.78, 5) is 2.27. The first-order valence-corrected chi connectivity index (χ1v) is 9.32. The van der Waals surface area contributed by atoms with Gasteiger partial charge >= 0.3 is 0 Å². The molecule has 1 N–H and O–H groups in total. The number of nitrogens with zero attached hydrogens (tertiary/aromatic N) is 4. The summed E-state index contributed by atoms with van der Waals surface area (Å²) in [7, 11) is 1.57. The number of methoxy groups -OCH3 is 1. The van der Waals surface area contributed by atoms with E-state index in [1.807, 2.05) is 30.3 Å². The highest BCUT2D eigenvalue weighted by atomic mass is 16.5. The number of rotatable bonds is 3. The van der Waals surface area contributed by atoms with Gasteiger partial charge in [-0.1, -0.05) is 18.2 Å². The number of hydrogen-bond acceptors (Lipinski definition) is 6. The van der Waals surface area contributed by atoms with Gasteiger partial charge < -0.3 is 10.1 Å². The highest BCUT2D eigenvalue weighted by Gasteiger charge is 2.57. The van der Waals surface area contributed by atoms with E-state index < -0.39 is 17.3 Å². The molecule has 1 aliphatic carbocycles. The van der Waals surface area contributed by atoms with Gasteiger partial charge in [-0.05, 0) is 37.1 Å². The van der Waals surface area contributed by atoms with E-state index in [4.69, 9.17) is 10.1 Å². The van der Waals surface area contributed by atoms with Gasteiger partial charge in [0.05, 0.1) is 31.0 Å². The number of ether oxygens (including phenoxy) is 1. The Morgan fingerprint density at radius 1 is 1.25 bits per heavy atom. The Morgan fingerprint density at radius 3 is 2.54 bits per heavy atom. The highest BCUT2D eigenvalue weighted by Crippen LogP contribution is 2.53. The molecule has 1 saturated carbocycles. The van der Waals surface area contributed by atoms with Gasteiger partial charge in [-0.2, -0.15) is 15.8 Å². The van der Waals surface area contributed by atoms with E-state index in [0.29, 0.717) is 24.9 Å². The van der Waals surface area contributed by atoms with E-state index in [2.05, 4.69) is 37.0 Å². The van der Waals surface area contributed by atoms with Crippen LogP contribution < -0.4 is 4.74 Å². The zero-order chi connectivity index (χ0) is 20.5. The summed E-state index contributed by atoms with van der Waals surface area (Å²) in [6.07, 6.45) is 2.02. The number of benzene rings is 1. The van der Waals surface area contributed by atoms with Crippen molar-refractivity contribution in [3.8, 4) is 24.0 Å². The second-order valence-corrected chi connectivity index (χ2v) is 7.62. The van der Waals surface area contributed by atoms with E-state index in [9.17, 15) is 15.8 Å². The van der Waals surface area contributed by atoms with Crippen molar-refractivity contribution in [1.82, 2.24) is 4.90 Å². The molecule has 1 fully saturated rings. The maximum absolute atomic E-state index is 10.1. The van der Waals surface area contributed by atoms with E-state index in [1.54, 1.807) is 7.11 Å². The first-order valence-electron chi connectivity index (χ1n) is 9.32. The van der Waals surface area contributed by atoms with Gasteiger partial charge in [0.1, 0.15) is 11.7 Å². The summed E-state index contributed by atoms with van der Waals surface area (Å²) in [5.41, 5.74) is -0.161. The molecule has 1 aliphatic heterocycles. The van der Waals surface area contributed by atoms with Crippen molar-refractivity contribution in [2.24, 2.45) is 17.3 Å². The van der Waals surface area contributed by atoms with Gasteiger partial charge in [0, 0.05) is 31.0 Å². The lowest BCUT2D eigenvalue weighted by Gasteiger charge is -2.48. The molecule has 6 nitrogen and oxygen atoms in total. The van der Waals surface area contributed by atoms with Crippen LogP contribution >= 0.6 is 0 Å². The number of fused-ring (bicyclic) bond motifs is 1. The topological polar surface area (TPSA) is 108 Å². The fourth-order valence-electron chi connectivity index (χ4n) is 4.46. The molecule has 0 aromatic heterocycles. The number of nitrogens with one attached hydrogen (secondary N) is 1. The zero-order valence-corrected chi connectivity index (χ0v) is 16.3. The lowest BCUT2D eigenvalue weighted by Crippen LogP contribution is -2.53. The largest absolute Gasteiger partial charge is 0.497 e. The van der Waals surface area contributed by atoms with E-state index in [0.717, 1.165) is 11.1 Å². The highest BCUT2D eigenvalue weighted by molar-refractivity contribution is 6.00. The van der Waals surface area contributed by atoms with Crippen LogP contribution in [0.25, 0.3) is 0 Å². The minimum atomic E-state index is -1.69. The van der Waals surface area contributed by atoms with Gasteiger partial charge in [0.2, 0.25) is 0 Å². The molecule has 0 bridgehead atoms. The van der Waals surface area contributed by atoms with Gasteiger partial charge in [0.15, 0.2) is 5.41 Å². The van der Waals surface area contributed by atoms with Crippen molar-refractivity contribution in [2.45, 2.75) is 25.8 Å². The average Bonchev–Trinajstić information content (AvgIpc) is 2.72. The average molecular weight is 373 g/mol. The zero-order valence-electron chi connectivity index (χ0n) is 16.3. The lowest BCUT2D eigenvalue weighted by atomic mass is 9.54. The maximum Gasteiger partial charge on any atom is 0.189 e. The van der Waals surface area contributed by atoms with Gasteiger partial charge in [-0.15, -0.1) is 0 Å². The van der Waals surface area contributed by atoms with Crippen LogP contribution in [-0.2, 0) is 0 Å². The van der Waals surface area contributed by atoms with Crippen LogP contribution in [-0.4, -0.2) is 36.9 Å². The summed E-state index contributed by atoms with van der Waals surface area (Å²) in [6, 6.07) is 14.1. The van der Waals surface area contributed by atoms with Crippen molar-refractivity contribution in [2.75, 3.05) is 20.2 Å². The molecule has 2 aliphatic rings. The van der Waals surface area contributed by atoms with Crippen LogP contribution in [0, 0.1) is 56.7 Å². The Kier molecular flexibility index (Phi) is 5.23. The molecule has 3 rings (SSSR count). The third-order valence-corrected chi connectivity index (χ3v) is 6.00. The molecule has 0 radical (unpaired) electrons. The molecule has 0 saturated heterocycles. The van der Waals surface area contributed by atoms with Crippen LogP contribution in [0.4, 0.5) is 0 Å². The van der Waals surface area contributed by atoms with E-state index in [-0.39, 0.29) is 11.6 Å². The minimum absolute atomic E-state index is 0.117. The fourth-order valence-corrected chi connectivity index (χ4v) is 4.46. The van der Waals surface area contributed by atoms with Gasteiger partial charge in [0.25, 0.3) is 0 Å². The second-order valence-electron chi connectivity index (χ2n) is 7.62. The monoisotopic (exact) mass is 373 g/mol. The molecule has 28 heavy (non-hydrogen) atoms. The van der Waals surface area contributed by atoms with Crippen LogP contribution in [0.1, 0.15) is 25.3 Å². The first-order chi connectivity index (χ1) is 13.4. The second kappa shape index (κ2) is 7.47. The van der Waals surface area contributed by atoms with Crippen LogP contribution in [0.2, 0.25) is 0 Å². The number of nitriles is 3.